The highest BCUT2D eigenvalue weighted by molar-refractivity contribution is 6.03. The van der Waals surface area contributed by atoms with Gasteiger partial charge >= 0.3 is 5.97 Å². The van der Waals surface area contributed by atoms with Crippen molar-refractivity contribution in [1.29, 1.82) is 0 Å². The van der Waals surface area contributed by atoms with E-state index in [-0.39, 0.29) is 24.5 Å². The van der Waals surface area contributed by atoms with Gasteiger partial charge in [0.2, 0.25) is 0 Å². The molecule has 0 aliphatic carbocycles. The highest BCUT2D eigenvalue weighted by atomic mass is 16.5. The van der Waals surface area contributed by atoms with Crippen LogP contribution in [0.15, 0.2) is 18.2 Å². The number of carbonyl (C=O) groups is 3. The van der Waals surface area contributed by atoms with Crippen molar-refractivity contribution in [2.45, 2.75) is 45.6 Å². The number of benzene rings is 1. The van der Waals surface area contributed by atoms with Gasteiger partial charge < -0.3 is 14.7 Å². The van der Waals surface area contributed by atoms with Gasteiger partial charge in [0.25, 0.3) is 5.91 Å². The van der Waals surface area contributed by atoms with E-state index in [0.29, 0.717) is 23.5 Å². The van der Waals surface area contributed by atoms with Crippen molar-refractivity contribution in [1.82, 2.24) is 0 Å². The lowest BCUT2D eigenvalue weighted by atomic mass is 10.0. The first-order valence-electron chi connectivity index (χ1n) is 7.81. The van der Waals surface area contributed by atoms with E-state index in [1.807, 2.05) is 6.92 Å². The Morgan fingerprint density at radius 1 is 1.30 bits per heavy atom. The van der Waals surface area contributed by atoms with Crippen LogP contribution in [0.2, 0.25) is 0 Å². The van der Waals surface area contributed by atoms with Gasteiger partial charge in [-0.1, -0.05) is 13.3 Å². The van der Waals surface area contributed by atoms with Crippen LogP contribution in [0, 0.1) is 0 Å². The number of ether oxygens (including phenoxy) is 1. The Hall–Kier alpha value is -2.37. The predicted octanol–water partition coefficient (Wildman–Crippen LogP) is 2.65. The highest BCUT2D eigenvalue weighted by Crippen LogP contribution is 2.35. The maximum absolute atomic E-state index is 12.3. The molecule has 1 atom stereocenters. The number of aliphatic carboxylic acids is 1. The van der Waals surface area contributed by atoms with Gasteiger partial charge in [-0.05, 0) is 31.5 Å². The minimum absolute atomic E-state index is 0.0612. The molecule has 1 amide bonds. The maximum atomic E-state index is 12.3. The third-order valence-corrected chi connectivity index (χ3v) is 3.79. The zero-order chi connectivity index (χ0) is 17.0. The smallest absolute Gasteiger partial charge is 0.303 e. The first-order chi connectivity index (χ1) is 10.9. The average Bonchev–Trinajstić information content (AvgIpc) is 2.52. The standard InChI is InChI=1S/C17H21NO5/c1-3-4-9-18-13-10-12(14(19)6-8-16(20)21)5-7-15(13)23-11(2)17(18)22/h5,7,10-11H,3-4,6,8-9H2,1-2H3,(H,20,21). The molecule has 0 bridgehead atoms. The van der Waals surface area contributed by atoms with Gasteiger partial charge in [-0.2, -0.15) is 0 Å². The molecule has 1 aliphatic rings. The number of carboxylic acid groups (broad SMARTS) is 1. The lowest BCUT2D eigenvalue weighted by Crippen LogP contribution is -2.45. The molecule has 0 fully saturated rings. The number of carboxylic acids is 1. The zero-order valence-corrected chi connectivity index (χ0v) is 13.4. The quantitative estimate of drug-likeness (QED) is 0.781. The van der Waals surface area contributed by atoms with Crippen molar-refractivity contribution in [3.63, 3.8) is 0 Å². The number of rotatable bonds is 7. The molecule has 0 saturated carbocycles. The Kier molecular flexibility index (Phi) is 5.36. The normalized spacial score (nSPS) is 16.7. The largest absolute Gasteiger partial charge is 0.481 e. The van der Waals surface area contributed by atoms with Crippen LogP contribution in [0.4, 0.5) is 5.69 Å². The third-order valence-electron chi connectivity index (χ3n) is 3.79. The highest BCUT2D eigenvalue weighted by Gasteiger charge is 2.31. The Balaban J connectivity index is 2.28. The number of hydrogen-bond donors (Lipinski definition) is 1. The predicted molar refractivity (Wildman–Crippen MR) is 85.0 cm³/mol. The molecule has 0 spiro atoms. The Labute approximate surface area is 135 Å². The van der Waals surface area contributed by atoms with Crippen LogP contribution in [0.3, 0.4) is 0 Å². The molecule has 1 aliphatic heterocycles. The van der Waals surface area contributed by atoms with Crippen LogP contribution in [0.1, 0.15) is 49.9 Å². The fraction of sp³-hybridized carbons (Fsp3) is 0.471. The first-order valence-corrected chi connectivity index (χ1v) is 7.81. The van der Waals surface area contributed by atoms with Crippen LogP contribution in [0.5, 0.6) is 5.75 Å². The second-order valence-corrected chi connectivity index (χ2v) is 5.60. The lowest BCUT2D eigenvalue weighted by Gasteiger charge is -2.33. The van der Waals surface area contributed by atoms with Gasteiger partial charge in [-0.3, -0.25) is 14.4 Å². The second kappa shape index (κ2) is 7.26. The summed E-state index contributed by atoms with van der Waals surface area (Å²) >= 11 is 0. The van der Waals surface area contributed by atoms with E-state index in [0.717, 1.165) is 12.8 Å². The molecule has 6 heteroatoms. The molecule has 2 rings (SSSR count). The van der Waals surface area contributed by atoms with Crippen LogP contribution in [-0.2, 0) is 9.59 Å². The lowest BCUT2D eigenvalue weighted by molar-refractivity contribution is -0.137. The monoisotopic (exact) mass is 319 g/mol. The van der Waals surface area contributed by atoms with Crippen LogP contribution in [0.25, 0.3) is 0 Å². The molecule has 0 saturated heterocycles. The Bertz CT molecular complexity index is 625. The van der Waals surface area contributed by atoms with Gasteiger partial charge in [0, 0.05) is 18.5 Å². The van der Waals surface area contributed by atoms with E-state index in [4.69, 9.17) is 9.84 Å². The number of ketones is 1. The molecule has 124 valence electrons. The van der Waals surface area contributed by atoms with E-state index < -0.39 is 12.1 Å². The number of nitrogens with zero attached hydrogens (tertiary/aromatic N) is 1. The molecule has 6 nitrogen and oxygen atoms in total. The van der Waals surface area contributed by atoms with Crippen molar-refractivity contribution in [3.8, 4) is 5.75 Å². The second-order valence-electron chi connectivity index (χ2n) is 5.60. The third kappa shape index (κ3) is 3.88. The summed E-state index contributed by atoms with van der Waals surface area (Å²) in [5.74, 6) is -0.811. The van der Waals surface area contributed by atoms with Crippen molar-refractivity contribution in [2.24, 2.45) is 0 Å². The van der Waals surface area contributed by atoms with Gasteiger partial charge in [-0.15, -0.1) is 0 Å². The summed E-state index contributed by atoms with van der Waals surface area (Å²) in [6, 6.07) is 4.91. The molecular weight excluding hydrogens is 298 g/mol. The Morgan fingerprint density at radius 2 is 2.04 bits per heavy atom. The molecule has 1 aromatic carbocycles. The number of fused-ring (bicyclic) bond motifs is 1. The fourth-order valence-corrected chi connectivity index (χ4v) is 2.49. The van der Waals surface area contributed by atoms with Crippen molar-refractivity contribution in [3.05, 3.63) is 23.8 Å². The molecule has 23 heavy (non-hydrogen) atoms. The molecule has 1 N–H and O–H groups in total. The van der Waals surface area contributed by atoms with Gasteiger partial charge in [0.1, 0.15) is 5.75 Å². The van der Waals surface area contributed by atoms with Gasteiger partial charge in [0.15, 0.2) is 11.9 Å². The number of Topliss-reactive ketones (excluding diaryl/α,β-unsaturated/α-hetero) is 1. The summed E-state index contributed by atoms with van der Waals surface area (Å²) in [5, 5.41) is 8.68. The first kappa shape index (κ1) is 17.0. The van der Waals surface area contributed by atoms with Crippen molar-refractivity contribution < 1.29 is 24.2 Å². The van der Waals surface area contributed by atoms with E-state index in [1.165, 1.54) is 0 Å². The number of hydrogen-bond acceptors (Lipinski definition) is 4. The van der Waals surface area contributed by atoms with Crippen LogP contribution >= 0.6 is 0 Å². The molecule has 0 aromatic heterocycles. The number of anilines is 1. The number of unbranched alkanes of at least 4 members (excludes halogenated alkanes) is 1. The maximum Gasteiger partial charge on any atom is 0.303 e. The molecular formula is C17H21NO5. The molecule has 1 heterocycles. The number of amides is 1. The topological polar surface area (TPSA) is 83.9 Å². The minimum Gasteiger partial charge on any atom is -0.481 e. The molecule has 1 unspecified atom stereocenters. The van der Waals surface area contributed by atoms with Crippen molar-refractivity contribution in [2.75, 3.05) is 11.4 Å². The van der Waals surface area contributed by atoms with Crippen LogP contribution < -0.4 is 9.64 Å². The van der Waals surface area contributed by atoms with E-state index in [2.05, 4.69) is 0 Å². The summed E-state index contributed by atoms with van der Waals surface area (Å²) < 4.78 is 5.59. The summed E-state index contributed by atoms with van der Waals surface area (Å²) in [6.45, 7) is 4.32. The van der Waals surface area contributed by atoms with E-state index >= 15 is 0 Å². The SMILES string of the molecule is CCCCN1C(=O)C(C)Oc2ccc(C(=O)CCC(=O)O)cc21. The summed E-state index contributed by atoms with van der Waals surface area (Å²) in [5.41, 5.74) is 0.986. The summed E-state index contributed by atoms with van der Waals surface area (Å²) in [7, 11) is 0. The zero-order valence-electron chi connectivity index (χ0n) is 13.4. The molecule has 1 aromatic rings. The summed E-state index contributed by atoms with van der Waals surface area (Å²) in [4.78, 5) is 36.7. The molecule has 0 radical (unpaired) electrons. The Morgan fingerprint density at radius 3 is 2.70 bits per heavy atom. The van der Waals surface area contributed by atoms with E-state index in [1.54, 1.807) is 30.0 Å². The number of carbonyl (C=O) groups excluding carboxylic acids is 2. The van der Waals surface area contributed by atoms with Gasteiger partial charge in [-0.25, -0.2) is 0 Å². The van der Waals surface area contributed by atoms with Crippen molar-refractivity contribution >= 4 is 23.3 Å². The van der Waals surface area contributed by atoms with Gasteiger partial charge in [0.05, 0.1) is 12.1 Å². The fourth-order valence-electron chi connectivity index (χ4n) is 2.49. The summed E-state index contributed by atoms with van der Waals surface area (Å²) in [6.07, 6.45) is 0.990. The van der Waals surface area contributed by atoms with E-state index in [9.17, 15) is 14.4 Å². The van der Waals surface area contributed by atoms with Crippen LogP contribution in [-0.4, -0.2) is 35.4 Å². The minimum atomic E-state index is -1.01. The average molecular weight is 319 g/mol.